The molecule has 0 fully saturated rings. The Hall–Kier alpha value is -4.71. The first-order valence-electron chi connectivity index (χ1n) is 11.3. The minimum Gasteiger partial charge on any atom is -0.480 e. The van der Waals surface area contributed by atoms with Crippen LogP contribution in [0.3, 0.4) is 0 Å². The lowest BCUT2D eigenvalue weighted by Crippen LogP contribution is -2.24. The second-order valence-electron chi connectivity index (χ2n) is 8.44. The number of anilines is 1. The molecule has 4 heterocycles. The van der Waals surface area contributed by atoms with Gasteiger partial charge in [0.1, 0.15) is 17.3 Å². The Morgan fingerprint density at radius 3 is 2.74 bits per heavy atom. The third kappa shape index (κ3) is 4.14. The quantitative estimate of drug-likeness (QED) is 0.336. The molecule has 3 aromatic heterocycles. The number of nitrogens with one attached hydrogen (secondary N) is 2. The molecule has 1 aliphatic heterocycles. The smallest absolute Gasteiger partial charge is 0.254 e. The second kappa shape index (κ2) is 9.30. The van der Waals surface area contributed by atoms with Crippen LogP contribution in [0.1, 0.15) is 15.9 Å². The highest BCUT2D eigenvalue weighted by Crippen LogP contribution is 2.31. The monoisotopic (exact) mass is 532 g/mol. The van der Waals surface area contributed by atoms with Crippen LogP contribution in [0.25, 0.3) is 28.0 Å². The van der Waals surface area contributed by atoms with Gasteiger partial charge in [-0.25, -0.2) is 27.5 Å². The number of hydrogen-bond donors (Lipinski definition) is 2. The standard InChI is InChI=1S/C26H18F2N6O3S/c1-37-26-22-8-16(12-30-26)21-5-6-34-24(32-21)18(13-31-34)15-4-2-3-14(7-15)11-29-25(35)17-9-23(38(36)33-22)20(28)10-19(17)27/h2-10,12-13,33H,11H2,1H3,(H,29,35). The van der Waals surface area contributed by atoms with Crippen LogP contribution in [0.5, 0.6) is 5.88 Å². The summed E-state index contributed by atoms with van der Waals surface area (Å²) >= 11 is 0. The molecule has 12 heteroatoms. The Morgan fingerprint density at radius 2 is 1.89 bits per heavy atom. The zero-order valence-electron chi connectivity index (χ0n) is 19.7. The molecule has 0 saturated carbocycles. The molecule has 0 aliphatic carbocycles. The van der Waals surface area contributed by atoms with E-state index in [0.29, 0.717) is 23.0 Å². The van der Waals surface area contributed by atoms with E-state index in [4.69, 9.17) is 9.72 Å². The average molecular weight is 533 g/mol. The van der Waals surface area contributed by atoms with E-state index in [2.05, 4.69) is 20.1 Å². The van der Waals surface area contributed by atoms with Gasteiger partial charge in [0.15, 0.2) is 16.6 Å². The molecule has 1 aliphatic rings. The fraction of sp³-hybridized carbons (Fsp3) is 0.0769. The third-order valence-electron chi connectivity index (χ3n) is 6.07. The van der Waals surface area contributed by atoms with Gasteiger partial charge in [0.2, 0.25) is 5.88 Å². The number of benzene rings is 2. The van der Waals surface area contributed by atoms with Gasteiger partial charge in [-0.3, -0.25) is 9.52 Å². The van der Waals surface area contributed by atoms with Crippen LogP contribution in [0.4, 0.5) is 14.5 Å². The lowest BCUT2D eigenvalue weighted by molar-refractivity contribution is 0.0946. The summed E-state index contributed by atoms with van der Waals surface area (Å²) in [5.41, 5.74) is 3.77. The van der Waals surface area contributed by atoms with Crippen LogP contribution in [0.2, 0.25) is 0 Å². The summed E-state index contributed by atoms with van der Waals surface area (Å²) in [4.78, 5) is 21.5. The van der Waals surface area contributed by atoms with Crippen LogP contribution in [0, 0.1) is 11.6 Å². The number of hydrogen-bond acceptors (Lipinski definition) is 6. The van der Waals surface area contributed by atoms with Gasteiger partial charge < -0.3 is 10.1 Å². The summed E-state index contributed by atoms with van der Waals surface area (Å²) in [5.74, 6) is -2.83. The van der Waals surface area contributed by atoms with Crippen molar-refractivity contribution in [2.75, 3.05) is 11.8 Å². The Bertz CT molecular complexity index is 1770. The molecule has 1 unspecified atom stereocenters. The summed E-state index contributed by atoms with van der Waals surface area (Å²) in [6.45, 7) is 0.0749. The number of pyridine rings is 1. The lowest BCUT2D eigenvalue weighted by Gasteiger charge is -2.14. The number of amides is 1. The van der Waals surface area contributed by atoms with Crippen LogP contribution < -0.4 is 14.8 Å². The summed E-state index contributed by atoms with van der Waals surface area (Å²) < 4.78 is 52.0. The zero-order chi connectivity index (χ0) is 26.4. The molecule has 0 saturated heterocycles. The lowest BCUT2D eigenvalue weighted by atomic mass is 10.1. The molecule has 1 atom stereocenters. The molecule has 2 aromatic carbocycles. The number of halogens is 2. The second-order valence-corrected chi connectivity index (χ2v) is 9.62. The summed E-state index contributed by atoms with van der Waals surface area (Å²) in [5, 5.41) is 7.03. The number of carbonyl (C=O) groups excluding carboxylic acids is 1. The van der Waals surface area contributed by atoms with E-state index < -0.39 is 39.0 Å². The molecule has 1 amide bonds. The fourth-order valence-corrected chi connectivity index (χ4v) is 5.10. The van der Waals surface area contributed by atoms with Gasteiger partial charge in [0.25, 0.3) is 5.91 Å². The highest BCUT2D eigenvalue weighted by Gasteiger charge is 2.21. The van der Waals surface area contributed by atoms with Crippen LogP contribution in [-0.2, 0) is 17.5 Å². The molecule has 38 heavy (non-hydrogen) atoms. The van der Waals surface area contributed by atoms with Crippen molar-refractivity contribution in [3.8, 4) is 28.3 Å². The van der Waals surface area contributed by atoms with E-state index in [1.54, 1.807) is 35.2 Å². The van der Waals surface area contributed by atoms with Crippen molar-refractivity contribution in [2.24, 2.45) is 0 Å². The number of rotatable bonds is 1. The van der Waals surface area contributed by atoms with Gasteiger partial charge in [-0.05, 0) is 35.4 Å². The minimum absolute atomic E-state index is 0.0749. The van der Waals surface area contributed by atoms with Crippen molar-refractivity contribution in [3.05, 3.63) is 89.9 Å². The minimum atomic E-state index is -2.23. The number of carbonyl (C=O) groups is 1. The highest BCUT2D eigenvalue weighted by atomic mass is 32.2. The van der Waals surface area contributed by atoms with E-state index in [0.717, 1.165) is 22.8 Å². The van der Waals surface area contributed by atoms with Crippen LogP contribution in [-0.4, -0.2) is 36.8 Å². The topological polar surface area (TPSA) is 111 Å². The maximum Gasteiger partial charge on any atom is 0.254 e. The molecule has 9 nitrogen and oxygen atoms in total. The van der Waals surface area contributed by atoms with E-state index in [9.17, 15) is 17.8 Å². The molecule has 8 bridgehead atoms. The van der Waals surface area contributed by atoms with Crippen molar-refractivity contribution in [2.45, 2.75) is 11.4 Å². The first-order chi connectivity index (χ1) is 18.4. The van der Waals surface area contributed by atoms with E-state index in [1.807, 2.05) is 24.3 Å². The molecule has 5 aromatic rings. The number of aromatic nitrogens is 4. The van der Waals surface area contributed by atoms with Crippen molar-refractivity contribution in [1.29, 1.82) is 0 Å². The molecule has 190 valence electrons. The molecule has 2 N–H and O–H groups in total. The van der Waals surface area contributed by atoms with Gasteiger partial charge >= 0.3 is 0 Å². The molecular formula is C26H18F2N6O3S. The van der Waals surface area contributed by atoms with E-state index >= 15 is 0 Å². The van der Waals surface area contributed by atoms with Crippen molar-refractivity contribution < 1.29 is 22.5 Å². The third-order valence-corrected chi connectivity index (χ3v) is 7.19. The first-order valence-corrected chi connectivity index (χ1v) is 12.5. The van der Waals surface area contributed by atoms with Gasteiger partial charge in [-0.2, -0.15) is 5.10 Å². The summed E-state index contributed by atoms with van der Waals surface area (Å²) in [7, 11) is -0.851. The zero-order valence-corrected chi connectivity index (χ0v) is 20.6. The van der Waals surface area contributed by atoms with E-state index in [-0.39, 0.29) is 18.1 Å². The van der Waals surface area contributed by atoms with Crippen molar-refractivity contribution in [1.82, 2.24) is 24.9 Å². The summed E-state index contributed by atoms with van der Waals surface area (Å²) in [6, 6.07) is 12.2. The molecular weight excluding hydrogens is 514 g/mol. The Balaban J connectivity index is 1.56. The Morgan fingerprint density at radius 1 is 1.03 bits per heavy atom. The van der Waals surface area contributed by atoms with Gasteiger partial charge in [0, 0.05) is 36.1 Å². The van der Waals surface area contributed by atoms with Crippen molar-refractivity contribution >= 4 is 28.2 Å². The van der Waals surface area contributed by atoms with Gasteiger partial charge in [-0.1, -0.05) is 18.2 Å². The van der Waals surface area contributed by atoms with Crippen LogP contribution >= 0.6 is 0 Å². The van der Waals surface area contributed by atoms with Gasteiger partial charge in [-0.15, -0.1) is 0 Å². The predicted molar refractivity (Wildman–Crippen MR) is 136 cm³/mol. The molecule has 0 radical (unpaired) electrons. The number of nitrogens with zero attached hydrogens (tertiary/aromatic N) is 4. The van der Waals surface area contributed by atoms with Crippen LogP contribution in [0.15, 0.2) is 72.0 Å². The number of ether oxygens (including phenoxy) is 1. The number of methoxy groups -OCH3 is 1. The Kier molecular flexibility index (Phi) is 5.80. The molecule has 6 rings (SSSR count). The highest BCUT2D eigenvalue weighted by molar-refractivity contribution is 7.86. The SMILES string of the molecule is COc1ncc2cc1NS(=O)c1cc(c(F)cc1F)C(=O)NCc1cccc(c1)-c1cnn3ccc-2nc13. The maximum absolute atomic E-state index is 14.7. The first kappa shape index (κ1) is 23.7. The fourth-order valence-electron chi connectivity index (χ4n) is 4.19. The largest absolute Gasteiger partial charge is 0.480 e. The average Bonchev–Trinajstić information content (AvgIpc) is 3.35. The van der Waals surface area contributed by atoms with Crippen molar-refractivity contribution in [3.63, 3.8) is 0 Å². The van der Waals surface area contributed by atoms with E-state index in [1.165, 1.54) is 7.11 Å². The van der Waals surface area contributed by atoms with Gasteiger partial charge in [0.05, 0.1) is 29.5 Å². The Labute approximate surface area is 217 Å². The summed E-state index contributed by atoms with van der Waals surface area (Å²) in [6.07, 6.45) is 5.00. The number of fused-ring (bicyclic) bond motifs is 9. The normalized spacial score (nSPS) is 14.9. The molecule has 0 spiro atoms. The maximum atomic E-state index is 14.7. The predicted octanol–water partition coefficient (Wildman–Crippen LogP) is 4.12.